The van der Waals surface area contributed by atoms with E-state index < -0.39 is 0 Å². The van der Waals surface area contributed by atoms with E-state index in [2.05, 4.69) is 25.8 Å². The molecule has 2 N–H and O–H groups in total. The fourth-order valence-electron chi connectivity index (χ4n) is 1.91. The summed E-state index contributed by atoms with van der Waals surface area (Å²) in [5, 5.41) is 9.89. The fourth-order valence-corrected chi connectivity index (χ4v) is 1.91. The number of benzene rings is 1. The average molecular weight is 299 g/mol. The fraction of sp³-hybridized carbons (Fsp3) is 0.133. The zero-order valence-corrected chi connectivity index (χ0v) is 11.9. The van der Waals surface area contributed by atoms with Gasteiger partial charge in [0.1, 0.15) is 29.5 Å². The van der Waals surface area contributed by atoms with Crippen molar-refractivity contribution in [3.8, 4) is 0 Å². The molecular formula is C15H14FN5O. The summed E-state index contributed by atoms with van der Waals surface area (Å²) >= 11 is 0. The van der Waals surface area contributed by atoms with Gasteiger partial charge in [0.2, 0.25) is 0 Å². The van der Waals surface area contributed by atoms with Gasteiger partial charge >= 0.3 is 0 Å². The van der Waals surface area contributed by atoms with Crippen LogP contribution >= 0.6 is 0 Å². The van der Waals surface area contributed by atoms with Crippen LogP contribution in [0.2, 0.25) is 0 Å². The third-order valence-corrected chi connectivity index (χ3v) is 2.97. The van der Waals surface area contributed by atoms with Crippen molar-refractivity contribution in [2.75, 3.05) is 10.6 Å². The molecule has 2 heterocycles. The van der Waals surface area contributed by atoms with Crippen LogP contribution in [0.15, 0.2) is 47.2 Å². The normalized spacial score (nSPS) is 10.5. The van der Waals surface area contributed by atoms with Crippen LogP contribution < -0.4 is 10.6 Å². The van der Waals surface area contributed by atoms with E-state index in [0.29, 0.717) is 35.3 Å². The van der Waals surface area contributed by atoms with E-state index in [1.54, 1.807) is 37.3 Å². The third kappa shape index (κ3) is 3.38. The molecule has 1 aromatic carbocycles. The molecule has 3 rings (SSSR count). The van der Waals surface area contributed by atoms with Crippen molar-refractivity contribution in [3.63, 3.8) is 0 Å². The van der Waals surface area contributed by atoms with E-state index >= 15 is 0 Å². The van der Waals surface area contributed by atoms with Crippen molar-refractivity contribution in [2.24, 2.45) is 0 Å². The first-order chi connectivity index (χ1) is 10.7. The quantitative estimate of drug-likeness (QED) is 0.753. The lowest BCUT2D eigenvalue weighted by molar-refractivity contribution is 0.400. The standard InChI is InChI=1S/C15H14FN5O/c1-10-6-15(21-22-10)20-14-7-13(18-9-19-14)17-8-11-4-2-3-5-12(11)16/h2-7,9H,8H2,1H3,(H2,17,18,19,20,21). The van der Waals surface area contributed by atoms with E-state index in [1.165, 1.54) is 12.4 Å². The van der Waals surface area contributed by atoms with E-state index in [9.17, 15) is 4.39 Å². The highest BCUT2D eigenvalue weighted by Crippen LogP contribution is 2.16. The molecule has 0 aliphatic carbocycles. The topological polar surface area (TPSA) is 75.9 Å². The van der Waals surface area contributed by atoms with Crippen LogP contribution in [-0.4, -0.2) is 15.1 Å². The van der Waals surface area contributed by atoms with E-state index in [1.807, 2.05) is 0 Å². The predicted octanol–water partition coefficient (Wildman–Crippen LogP) is 3.27. The number of halogens is 1. The van der Waals surface area contributed by atoms with Crippen molar-refractivity contribution < 1.29 is 8.91 Å². The van der Waals surface area contributed by atoms with Crippen LogP contribution in [0, 0.1) is 12.7 Å². The molecular weight excluding hydrogens is 285 g/mol. The maximum atomic E-state index is 13.6. The first kappa shape index (κ1) is 14.0. The highest BCUT2D eigenvalue weighted by Gasteiger charge is 2.04. The summed E-state index contributed by atoms with van der Waals surface area (Å²) in [4.78, 5) is 8.20. The van der Waals surface area contributed by atoms with Gasteiger partial charge in [-0.3, -0.25) is 0 Å². The third-order valence-electron chi connectivity index (χ3n) is 2.97. The summed E-state index contributed by atoms with van der Waals surface area (Å²) in [5.74, 6) is 2.17. The molecule has 0 aliphatic rings. The lowest BCUT2D eigenvalue weighted by Crippen LogP contribution is -2.04. The number of anilines is 3. The maximum Gasteiger partial charge on any atom is 0.175 e. The Kier molecular flexibility index (Phi) is 3.95. The van der Waals surface area contributed by atoms with Crippen LogP contribution in [0.25, 0.3) is 0 Å². The first-order valence-electron chi connectivity index (χ1n) is 6.70. The second-order valence-electron chi connectivity index (χ2n) is 4.68. The molecule has 6 nitrogen and oxygen atoms in total. The van der Waals surface area contributed by atoms with E-state index in [0.717, 1.165) is 0 Å². The predicted molar refractivity (Wildman–Crippen MR) is 80.3 cm³/mol. The van der Waals surface area contributed by atoms with Crippen LogP contribution in [0.1, 0.15) is 11.3 Å². The van der Waals surface area contributed by atoms with Gasteiger partial charge < -0.3 is 15.2 Å². The van der Waals surface area contributed by atoms with Crippen LogP contribution in [0.5, 0.6) is 0 Å². The Balaban J connectivity index is 1.67. The SMILES string of the molecule is Cc1cc(Nc2cc(NCc3ccccc3F)ncn2)no1. The van der Waals surface area contributed by atoms with Gasteiger partial charge in [-0.2, -0.15) is 0 Å². The molecule has 7 heteroatoms. The Morgan fingerprint density at radius 2 is 1.91 bits per heavy atom. The summed E-state index contributed by atoms with van der Waals surface area (Å²) in [6, 6.07) is 10.1. The molecule has 22 heavy (non-hydrogen) atoms. The molecule has 0 amide bonds. The van der Waals surface area contributed by atoms with Crippen LogP contribution in [0.4, 0.5) is 21.8 Å². The molecule has 2 aromatic heterocycles. The van der Waals surface area contributed by atoms with Crippen molar-refractivity contribution in [2.45, 2.75) is 13.5 Å². The molecule has 0 fully saturated rings. The monoisotopic (exact) mass is 299 g/mol. The number of nitrogens with zero attached hydrogens (tertiary/aromatic N) is 3. The summed E-state index contributed by atoms with van der Waals surface area (Å²) in [7, 11) is 0. The molecule has 0 atom stereocenters. The number of aromatic nitrogens is 3. The molecule has 0 saturated carbocycles. The van der Waals surface area contributed by atoms with E-state index in [-0.39, 0.29) is 5.82 Å². The highest BCUT2D eigenvalue weighted by molar-refractivity contribution is 5.55. The molecule has 0 aliphatic heterocycles. The Bertz CT molecular complexity index is 774. The minimum absolute atomic E-state index is 0.250. The van der Waals surface area contributed by atoms with E-state index in [4.69, 9.17) is 4.52 Å². The highest BCUT2D eigenvalue weighted by atomic mass is 19.1. The number of aryl methyl sites for hydroxylation is 1. The summed E-state index contributed by atoms with van der Waals surface area (Å²) < 4.78 is 18.5. The van der Waals surface area contributed by atoms with Crippen molar-refractivity contribution in [3.05, 3.63) is 59.9 Å². The van der Waals surface area contributed by atoms with Crippen molar-refractivity contribution in [1.29, 1.82) is 0 Å². The van der Waals surface area contributed by atoms with Gasteiger partial charge in [-0.15, -0.1) is 0 Å². The second kappa shape index (κ2) is 6.21. The van der Waals surface area contributed by atoms with Gasteiger partial charge in [0.15, 0.2) is 5.82 Å². The van der Waals surface area contributed by atoms with Crippen molar-refractivity contribution >= 4 is 17.5 Å². The van der Waals surface area contributed by atoms with Crippen LogP contribution in [-0.2, 0) is 6.54 Å². The van der Waals surface area contributed by atoms with Gasteiger partial charge in [0.25, 0.3) is 0 Å². The number of nitrogens with one attached hydrogen (secondary N) is 2. The summed E-state index contributed by atoms with van der Waals surface area (Å²) in [6.07, 6.45) is 1.42. The Labute approximate surface area is 126 Å². The molecule has 0 spiro atoms. The van der Waals surface area contributed by atoms with Gasteiger partial charge in [0, 0.05) is 24.2 Å². The number of hydrogen-bond acceptors (Lipinski definition) is 6. The Morgan fingerprint density at radius 3 is 2.68 bits per heavy atom. The zero-order valence-electron chi connectivity index (χ0n) is 11.9. The van der Waals surface area contributed by atoms with Gasteiger partial charge in [-0.1, -0.05) is 23.4 Å². The largest absolute Gasteiger partial charge is 0.366 e. The molecule has 0 radical (unpaired) electrons. The molecule has 0 saturated heterocycles. The second-order valence-corrected chi connectivity index (χ2v) is 4.68. The number of rotatable bonds is 5. The van der Waals surface area contributed by atoms with Gasteiger partial charge in [-0.05, 0) is 13.0 Å². The molecule has 0 bridgehead atoms. The maximum absolute atomic E-state index is 13.6. The Morgan fingerprint density at radius 1 is 1.09 bits per heavy atom. The zero-order chi connectivity index (χ0) is 15.4. The molecule has 3 aromatic rings. The lowest BCUT2D eigenvalue weighted by Gasteiger charge is -2.08. The molecule has 0 unspecified atom stereocenters. The minimum Gasteiger partial charge on any atom is -0.366 e. The summed E-state index contributed by atoms with van der Waals surface area (Å²) in [6.45, 7) is 2.14. The minimum atomic E-state index is -0.250. The van der Waals surface area contributed by atoms with Crippen LogP contribution in [0.3, 0.4) is 0 Å². The average Bonchev–Trinajstić information content (AvgIpc) is 2.92. The summed E-state index contributed by atoms with van der Waals surface area (Å²) in [5.41, 5.74) is 0.572. The number of hydrogen-bond donors (Lipinski definition) is 2. The smallest absolute Gasteiger partial charge is 0.175 e. The Hall–Kier alpha value is -2.96. The molecule has 112 valence electrons. The lowest BCUT2D eigenvalue weighted by atomic mass is 10.2. The first-order valence-corrected chi connectivity index (χ1v) is 6.70. The van der Waals surface area contributed by atoms with Crippen molar-refractivity contribution in [1.82, 2.24) is 15.1 Å². The van der Waals surface area contributed by atoms with Gasteiger partial charge in [-0.25, -0.2) is 14.4 Å². The van der Waals surface area contributed by atoms with Gasteiger partial charge in [0.05, 0.1) is 0 Å².